The van der Waals surface area contributed by atoms with E-state index in [9.17, 15) is 15.2 Å². The first-order valence-corrected chi connectivity index (χ1v) is 7.08. The number of hydrogen-bond acceptors (Lipinski definition) is 5. The van der Waals surface area contributed by atoms with E-state index in [4.69, 9.17) is 4.74 Å². The third-order valence-electron chi connectivity index (χ3n) is 3.57. The Bertz CT molecular complexity index is 989. The molecule has 0 fully saturated rings. The van der Waals surface area contributed by atoms with Gasteiger partial charge in [-0.25, -0.2) is 0 Å². The number of benzene rings is 1. The zero-order chi connectivity index (χ0) is 17.1. The van der Waals surface area contributed by atoms with Gasteiger partial charge in [0.05, 0.1) is 7.11 Å². The molecule has 118 valence electrons. The Morgan fingerprint density at radius 3 is 2.58 bits per heavy atom. The summed E-state index contributed by atoms with van der Waals surface area (Å²) in [5.74, 6) is 0.415. The average Bonchev–Trinajstić information content (AvgIpc) is 2.61. The molecule has 0 aliphatic heterocycles. The number of rotatable bonds is 3. The Hall–Kier alpha value is -3.59. The smallest absolute Gasteiger partial charge is 0.266 e. The summed E-state index contributed by atoms with van der Waals surface area (Å²) in [6, 6.07) is 11.7. The lowest BCUT2D eigenvalue weighted by atomic mass is 9.99. The zero-order valence-corrected chi connectivity index (χ0v) is 12.8. The van der Waals surface area contributed by atoms with Gasteiger partial charge in [-0.05, 0) is 35.9 Å². The number of aromatic nitrogens is 2. The summed E-state index contributed by atoms with van der Waals surface area (Å²) in [5.41, 5.74) is 1.73. The van der Waals surface area contributed by atoms with Gasteiger partial charge in [-0.1, -0.05) is 0 Å². The van der Waals surface area contributed by atoms with Crippen LogP contribution in [0.25, 0.3) is 22.4 Å². The Labute approximate surface area is 137 Å². The Balaban J connectivity index is 2.27. The zero-order valence-electron chi connectivity index (χ0n) is 12.8. The van der Waals surface area contributed by atoms with E-state index in [1.807, 2.05) is 6.07 Å². The lowest BCUT2D eigenvalue weighted by molar-refractivity contribution is 0.408. The summed E-state index contributed by atoms with van der Waals surface area (Å²) in [4.78, 5) is 18.9. The van der Waals surface area contributed by atoms with E-state index in [1.54, 1.807) is 36.7 Å². The first-order chi connectivity index (χ1) is 11.6. The number of phenols is 1. The number of aromatic amines is 1. The fourth-order valence-corrected chi connectivity index (χ4v) is 2.44. The summed E-state index contributed by atoms with van der Waals surface area (Å²) in [6.07, 6.45) is 3.23. The van der Waals surface area contributed by atoms with Crippen LogP contribution in [0.4, 0.5) is 0 Å². The molecule has 0 bridgehead atoms. The number of nitrogens with one attached hydrogen (secondary N) is 1. The highest BCUT2D eigenvalue weighted by Gasteiger charge is 2.14. The van der Waals surface area contributed by atoms with E-state index in [0.717, 1.165) is 5.56 Å². The molecule has 0 atom stereocenters. The Morgan fingerprint density at radius 1 is 1.17 bits per heavy atom. The quantitative estimate of drug-likeness (QED) is 0.773. The predicted octanol–water partition coefficient (Wildman–Crippen LogP) is 2.69. The van der Waals surface area contributed by atoms with Gasteiger partial charge in [-0.15, -0.1) is 0 Å². The van der Waals surface area contributed by atoms with E-state index in [1.165, 1.54) is 19.2 Å². The SMILES string of the molecule is COc1cc(O)cc(-c2cc(-c3ccncc3)[nH]c(=O)c2C#N)c1. The summed E-state index contributed by atoms with van der Waals surface area (Å²) in [7, 11) is 1.48. The molecule has 0 radical (unpaired) electrons. The number of pyridine rings is 2. The Kier molecular flexibility index (Phi) is 4.00. The molecule has 24 heavy (non-hydrogen) atoms. The Morgan fingerprint density at radius 2 is 1.92 bits per heavy atom. The molecule has 6 nitrogen and oxygen atoms in total. The van der Waals surface area contributed by atoms with E-state index in [2.05, 4.69) is 9.97 Å². The number of aromatic hydroxyl groups is 1. The van der Waals surface area contributed by atoms with Crippen LogP contribution in [0.3, 0.4) is 0 Å². The maximum absolute atomic E-state index is 12.3. The third-order valence-corrected chi connectivity index (χ3v) is 3.57. The second-order valence-electron chi connectivity index (χ2n) is 5.07. The van der Waals surface area contributed by atoms with Gasteiger partial charge in [0.25, 0.3) is 5.56 Å². The molecule has 0 aliphatic carbocycles. The fourth-order valence-electron chi connectivity index (χ4n) is 2.44. The molecular weight excluding hydrogens is 306 g/mol. The minimum atomic E-state index is -0.496. The van der Waals surface area contributed by atoms with Gasteiger partial charge >= 0.3 is 0 Å². The van der Waals surface area contributed by atoms with Crippen LogP contribution in [0, 0.1) is 11.3 Å². The van der Waals surface area contributed by atoms with Crippen LogP contribution in [0.2, 0.25) is 0 Å². The molecule has 1 aromatic carbocycles. The maximum atomic E-state index is 12.3. The van der Waals surface area contributed by atoms with Gasteiger partial charge in [-0.3, -0.25) is 9.78 Å². The molecule has 0 aliphatic rings. The van der Waals surface area contributed by atoms with Gasteiger partial charge in [0.2, 0.25) is 0 Å². The van der Waals surface area contributed by atoms with Gasteiger partial charge in [0.15, 0.2) is 0 Å². The monoisotopic (exact) mass is 319 g/mol. The maximum Gasteiger partial charge on any atom is 0.266 e. The number of hydrogen-bond donors (Lipinski definition) is 2. The van der Waals surface area contributed by atoms with Gasteiger partial charge in [-0.2, -0.15) is 5.26 Å². The highest BCUT2D eigenvalue weighted by Crippen LogP contribution is 2.31. The second kappa shape index (κ2) is 6.26. The number of ether oxygens (including phenoxy) is 1. The predicted molar refractivity (Wildman–Crippen MR) is 88.7 cm³/mol. The molecule has 2 aromatic heterocycles. The van der Waals surface area contributed by atoms with E-state index in [0.29, 0.717) is 22.6 Å². The first-order valence-electron chi connectivity index (χ1n) is 7.08. The second-order valence-corrected chi connectivity index (χ2v) is 5.07. The summed E-state index contributed by atoms with van der Waals surface area (Å²) >= 11 is 0. The van der Waals surface area contributed by atoms with E-state index in [-0.39, 0.29) is 11.3 Å². The molecule has 0 saturated heterocycles. The van der Waals surface area contributed by atoms with Crippen molar-refractivity contribution in [1.29, 1.82) is 5.26 Å². The molecule has 0 amide bonds. The van der Waals surface area contributed by atoms with Gasteiger partial charge in [0.1, 0.15) is 23.1 Å². The normalized spacial score (nSPS) is 10.2. The average molecular weight is 319 g/mol. The third kappa shape index (κ3) is 2.83. The number of methoxy groups -OCH3 is 1. The van der Waals surface area contributed by atoms with Crippen molar-refractivity contribution in [2.45, 2.75) is 0 Å². The summed E-state index contributed by atoms with van der Waals surface area (Å²) in [5, 5.41) is 19.2. The van der Waals surface area contributed by atoms with Crippen molar-refractivity contribution in [3.63, 3.8) is 0 Å². The van der Waals surface area contributed by atoms with Crippen molar-refractivity contribution >= 4 is 0 Å². The van der Waals surface area contributed by atoms with Crippen LogP contribution >= 0.6 is 0 Å². The van der Waals surface area contributed by atoms with Crippen LogP contribution in [-0.4, -0.2) is 22.2 Å². The molecular formula is C18H13N3O3. The standard InChI is InChI=1S/C18H13N3O3/c1-24-14-7-12(6-13(22)8-14)15-9-17(11-2-4-20-5-3-11)21-18(23)16(15)10-19/h2-9,22H,1H3,(H,21,23). The highest BCUT2D eigenvalue weighted by molar-refractivity contribution is 5.76. The number of H-pyrrole nitrogens is 1. The van der Waals surface area contributed by atoms with Crippen molar-refractivity contribution in [2.75, 3.05) is 7.11 Å². The topological polar surface area (TPSA) is 99.0 Å². The molecule has 3 aromatic rings. The van der Waals surface area contributed by atoms with Crippen molar-refractivity contribution < 1.29 is 9.84 Å². The van der Waals surface area contributed by atoms with Gasteiger partial charge in [0, 0.05) is 35.3 Å². The van der Waals surface area contributed by atoms with Crippen LogP contribution in [0.1, 0.15) is 5.56 Å². The van der Waals surface area contributed by atoms with Crippen LogP contribution < -0.4 is 10.3 Å². The largest absolute Gasteiger partial charge is 0.508 e. The minimum absolute atomic E-state index is 0.0148. The first kappa shape index (κ1) is 15.3. The minimum Gasteiger partial charge on any atom is -0.508 e. The molecule has 2 N–H and O–H groups in total. The fraction of sp³-hybridized carbons (Fsp3) is 0.0556. The van der Waals surface area contributed by atoms with Crippen LogP contribution in [-0.2, 0) is 0 Å². The molecule has 2 heterocycles. The lowest BCUT2D eigenvalue weighted by Gasteiger charge is -2.10. The molecule has 0 spiro atoms. The molecule has 6 heteroatoms. The van der Waals surface area contributed by atoms with Crippen LogP contribution in [0.15, 0.2) is 53.6 Å². The summed E-state index contributed by atoms with van der Waals surface area (Å²) < 4.78 is 5.14. The highest BCUT2D eigenvalue weighted by atomic mass is 16.5. The molecule has 0 unspecified atom stereocenters. The molecule has 3 rings (SSSR count). The van der Waals surface area contributed by atoms with E-state index < -0.39 is 5.56 Å². The van der Waals surface area contributed by atoms with E-state index >= 15 is 0 Å². The van der Waals surface area contributed by atoms with Gasteiger partial charge < -0.3 is 14.8 Å². The van der Waals surface area contributed by atoms with Crippen molar-refractivity contribution in [3.05, 3.63) is 64.7 Å². The summed E-state index contributed by atoms with van der Waals surface area (Å²) in [6.45, 7) is 0. The van der Waals surface area contributed by atoms with Crippen molar-refractivity contribution in [1.82, 2.24) is 9.97 Å². The molecule has 0 saturated carbocycles. The van der Waals surface area contributed by atoms with Crippen LogP contribution in [0.5, 0.6) is 11.5 Å². The number of phenolic OH excluding ortho intramolecular Hbond substituents is 1. The number of nitrogens with zero attached hydrogens (tertiary/aromatic N) is 2. The van der Waals surface area contributed by atoms with Crippen molar-refractivity contribution in [3.8, 4) is 40.0 Å². The lowest BCUT2D eigenvalue weighted by Crippen LogP contribution is -2.12. The number of nitriles is 1. The van der Waals surface area contributed by atoms with Crippen molar-refractivity contribution in [2.24, 2.45) is 0 Å².